The Morgan fingerprint density at radius 1 is 1.36 bits per heavy atom. The Kier molecular flexibility index (Phi) is 17.7. The maximum Gasteiger partial charge on any atom is 0.126 e. The molecule has 0 rings (SSSR count). The van der Waals surface area contributed by atoms with Crippen molar-refractivity contribution in [3.63, 3.8) is 0 Å². The molecule has 0 aliphatic carbocycles. The fourth-order valence-electron chi connectivity index (χ4n) is 0.834. The molecule has 0 bridgehead atoms. The Morgan fingerprint density at radius 3 is 1.79 bits per heavy atom. The van der Waals surface area contributed by atoms with Gasteiger partial charge in [-0.2, -0.15) is 0 Å². The van der Waals surface area contributed by atoms with Crippen LogP contribution < -0.4 is 0 Å². The topological polar surface area (TPSA) is 29.5 Å². The Hall–Kier alpha value is -0.193. The average Bonchev–Trinajstić information content (AvgIpc) is 1.98. The summed E-state index contributed by atoms with van der Waals surface area (Å²) in [4.78, 5) is 11.5. The number of methoxy groups -OCH3 is 1. The molecule has 0 fully saturated rings. The number of ether oxygens (including phenoxy) is 1. The first-order valence-corrected chi connectivity index (χ1v) is 4.62. The van der Waals surface area contributed by atoms with Crippen molar-refractivity contribution in [2.45, 2.75) is 39.8 Å². The number of nitrogens with zero attached hydrogens (tertiary/aromatic N) is 1. The molecule has 0 N–H and O–H groups in total. The van der Waals surface area contributed by atoms with Crippen molar-refractivity contribution in [3.8, 4) is 0 Å². The Morgan fingerprint density at radius 2 is 1.71 bits per heavy atom. The summed E-state index contributed by atoms with van der Waals surface area (Å²) in [6.07, 6.45) is 2.59. The van der Waals surface area contributed by atoms with E-state index in [0.29, 0.717) is 6.23 Å². The van der Waals surface area contributed by atoms with Crippen molar-refractivity contribution in [2.24, 2.45) is 0 Å². The maximum atomic E-state index is 9.44. The van der Waals surface area contributed by atoms with Crippen LogP contribution in [0.3, 0.4) is 0 Å². The second-order valence-electron chi connectivity index (χ2n) is 3.35. The van der Waals surface area contributed by atoms with Gasteiger partial charge in [0.25, 0.3) is 0 Å². The molecule has 1 atom stereocenters. The monoisotopic (exact) mass is 221 g/mol. The predicted molar refractivity (Wildman–Crippen MR) is 67.1 cm³/mol. The molecule has 0 aromatic heterocycles. The fraction of sp³-hybridized carbons (Fsp3) is 0.900. The average molecular weight is 221 g/mol. The van der Waals surface area contributed by atoms with Gasteiger partial charge in [-0.15, -0.1) is 0 Å². The normalized spacial score (nSPS) is 11.1. The lowest BCUT2D eigenvalue weighted by Gasteiger charge is -2.21. The highest BCUT2D eigenvalue weighted by atomic mass is 28.1. The van der Waals surface area contributed by atoms with Gasteiger partial charge in [0, 0.05) is 7.11 Å². The number of ketones is 1. The molecule has 0 amide bonds. The van der Waals surface area contributed by atoms with Crippen molar-refractivity contribution >= 4 is 16.7 Å². The molecule has 0 aromatic rings. The molecule has 4 heteroatoms. The summed E-state index contributed by atoms with van der Waals surface area (Å²) >= 11 is 0. The molecular weight excluding hydrogens is 194 g/mol. The van der Waals surface area contributed by atoms with E-state index in [1.807, 2.05) is 14.1 Å². The smallest absolute Gasteiger partial charge is 0.126 e. The van der Waals surface area contributed by atoms with Gasteiger partial charge < -0.3 is 9.53 Å². The molecule has 0 heterocycles. The third-order valence-corrected chi connectivity index (χ3v) is 1.38. The van der Waals surface area contributed by atoms with E-state index in [0.717, 1.165) is 6.42 Å². The van der Waals surface area contributed by atoms with Gasteiger partial charge in [0.05, 0.1) is 0 Å². The van der Waals surface area contributed by atoms with E-state index < -0.39 is 0 Å². The third-order valence-electron chi connectivity index (χ3n) is 1.38. The van der Waals surface area contributed by atoms with Crippen LogP contribution in [-0.2, 0) is 9.53 Å². The molecule has 14 heavy (non-hydrogen) atoms. The molecule has 0 saturated heterocycles. The zero-order valence-corrected chi connectivity index (χ0v) is 9.76. The lowest BCUT2D eigenvalue weighted by atomic mass is 10.3. The predicted octanol–water partition coefficient (Wildman–Crippen LogP) is 0.464. The first kappa shape index (κ1) is 19.4. The minimum Gasteiger partial charge on any atom is -0.366 e. The Balaban J connectivity index is -0.000000209. The number of carbonyl (C=O) groups is 1. The third kappa shape index (κ3) is 17.8. The highest BCUT2D eigenvalue weighted by molar-refractivity contribution is 5.75. The Bertz CT molecular complexity index is 125. The quantitative estimate of drug-likeness (QED) is 0.510. The van der Waals surface area contributed by atoms with Crippen LogP contribution in [-0.4, -0.2) is 49.1 Å². The second kappa shape index (κ2) is 12.8. The molecule has 88 valence electrons. The maximum absolute atomic E-state index is 9.44. The largest absolute Gasteiger partial charge is 0.366 e. The van der Waals surface area contributed by atoms with E-state index in [1.54, 1.807) is 7.11 Å². The highest BCUT2D eigenvalue weighted by Gasteiger charge is 2.06. The standard InChI is InChI=1S/C7H17NO.C3H6O.H4Si/c1-5-6-7(9-4)8(2)3;1-3(2)4;/h7H,5-6H2,1-4H3;1-2H3;1H4. The molecule has 0 aliphatic rings. The van der Waals surface area contributed by atoms with Gasteiger partial charge in [-0.05, 0) is 45.3 Å². The summed E-state index contributed by atoms with van der Waals surface area (Å²) in [5.41, 5.74) is 0. The van der Waals surface area contributed by atoms with Crippen LogP contribution in [0.25, 0.3) is 0 Å². The summed E-state index contributed by atoms with van der Waals surface area (Å²) in [6, 6.07) is 0. The van der Waals surface area contributed by atoms with Crippen LogP contribution >= 0.6 is 0 Å². The SMILES string of the molecule is CC(C)=O.CCCC(OC)N(C)C.[SiH4]. The number of hydrogen-bond donors (Lipinski definition) is 0. The molecule has 0 aromatic carbocycles. The molecule has 0 aliphatic heterocycles. The van der Waals surface area contributed by atoms with E-state index in [-0.39, 0.29) is 16.7 Å². The highest BCUT2D eigenvalue weighted by Crippen LogP contribution is 2.01. The van der Waals surface area contributed by atoms with Crippen LogP contribution in [0, 0.1) is 0 Å². The molecule has 0 radical (unpaired) electrons. The van der Waals surface area contributed by atoms with Crippen molar-refractivity contribution in [1.29, 1.82) is 0 Å². The first-order chi connectivity index (χ1) is 5.95. The molecule has 1 unspecified atom stereocenters. The van der Waals surface area contributed by atoms with Gasteiger partial charge in [-0.1, -0.05) is 13.3 Å². The van der Waals surface area contributed by atoms with Gasteiger partial charge in [0.1, 0.15) is 12.0 Å². The van der Waals surface area contributed by atoms with Crippen LogP contribution in [0.15, 0.2) is 0 Å². The van der Waals surface area contributed by atoms with Crippen LogP contribution in [0.5, 0.6) is 0 Å². The molecule has 0 spiro atoms. The van der Waals surface area contributed by atoms with Crippen molar-refractivity contribution < 1.29 is 9.53 Å². The zero-order valence-electron chi connectivity index (χ0n) is 9.76. The van der Waals surface area contributed by atoms with Gasteiger partial charge in [-0.25, -0.2) is 0 Å². The lowest BCUT2D eigenvalue weighted by molar-refractivity contribution is -0.114. The molecular formula is C10H27NO2Si. The minimum absolute atomic E-state index is 0. The van der Waals surface area contributed by atoms with Crippen LogP contribution in [0.4, 0.5) is 0 Å². The fourth-order valence-corrected chi connectivity index (χ4v) is 0.834. The number of Topliss-reactive ketones (excluding diaryl/α,β-unsaturated/α-hetero) is 1. The van der Waals surface area contributed by atoms with Crippen molar-refractivity contribution in [3.05, 3.63) is 0 Å². The van der Waals surface area contributed by atoms with Gasteiger partial charge in [-0.3, -0.25) is 4.90 Å². The zero-order chi connectivity index (χ0) is 10.9. The summed E-state index contributed by atoms with van der Waals surface area (Å²) in [5.74, 6) is 0.167. The summed E-state index contributed by atoms with van der Waals surface area (Å²) in [7, 11) is 5.81. The van der Waals surface area contributed by atoms with E-state index in [9.17, 15) is 4.79 Å². The van der Waals surface area contributed by atoms with E-state index >= 15 is 0 Å². The number of hydrogen-bond acceptors (Lipinski definition) is 3. The van der Waals surface area contributed by atoms with Crippen molar-refractivity contribution in [1.82, 2.24) is 4.90 Å². The van der Waals surface area contributed by atoms with E-state index in [1.165, 1.54) is 20.3 Å². The van der Waals surface area contributed by atoms with Crippen LogP contribution in [0.2, 0.25) is 0 Å². The summed E-state index contributed by atoms with van der Waals surface area (Å²) in [6.45, 7) is 5.22. The molecule has 3 nitrogen and oxygen atoms in total. The lowest BCUT2D eigenvalue weighted by Crippen LogP contribution is -2.29. The number of carbonyl (C=O) groups excluding carboxylic acids is 1. The summed E-state index contributed by atoms with van der Waals surface area (Å²) < 4.78 is 5.18. The van der Waals surface area contributed by atoms with E-state index in [2.05, 4.69) is 11.8 Å². The van der Waals surface area contributed by atoms with Crippen molar-refractivity contribution in [2.75, 3.05) is 21.2 Å². The molecule has 0 saturated carbocycles. The first-order valence-electron chi connectivity index (χ1n) is 4.62. The van der Waals surface area contributed by atoms with Gasteiger partial charge >= 0.3 is 0 Å². The second-order valence-corrected chi connectivity index (χ2v) is 3.35. The van der Waals surface area contributed by atoms with E-state index in [4.69, 9.17) is 4.74 Å². The Labute approximate surface area is 92.8 Å². The number of rotatable bonds is 4. The van der Waals surface area contributed by atoms with Gasteiger partial charge in [0.2, 0.25) is 0 Å². The van der Waals surface area contributed by atoms with Gasteiger partial charge in [0.15, 0.2) is 0 Å². The minimum atomic E-state index is 0. The van der Waals surface area contributed by atoms with Crippen LogP contribution in [0.1, 0.15) is 33.6 Å². The summed E-state index contributed by atoms with van der Waals surface area (Å²) in [5, 5.41) is 0.